The van der Waals surface area contributed by atoms with Gasteiger partial charge in [0.25, 0.3) is 0 Å². The summed E-state index contributed by atoms with van der Waals surface area (Å²) in [6.45, 7) is 7.13. The van der Waals surface area contributed by atoms with E-state index in [0.717, 1.165) is 16.4 Å². The average molecular weight is 315 g/mol. The van der Waals surface area contributed by atoms with Gasteiger partial charge in [-0.3, -0.25) is 0 Å². The molecule has 0 atom stereocenters. The summed E-state index contributed by atoms with van der Waals surface area (Å²) in [5, 5.41) is 7.53. The number of thiazole rings is 1. The Morgan fingerprint density at radius 3 is 2.63 bits per heavy atom. The fourth-order valence-electron chi connectivity index (χ4n) is 1.55. The van der Waals surface area contributed by atoms with E-state index in [-0.39, 0.29) is 5.41 Å². The lowest BCUT2D eigenvalue weighted by atomic mass is 9.93. The van der Waals surface area contributed by atoms with E-state index in [0.29, 0.717) is 16.6 Å². The predicted octanol–water partition coefficient (Wildman–Crippen LogP) is 5.36. The summed E-state index contributed by atoms with van der Waals surface area (Å²) >= 11 is 13.8. The molecule has 0 spiro atoms. The lowest BCUT2D eigenvalue weighted by Crippen LogP contribution is -2.11. The highest BCUT2D eigenvalue weighted by atomic mass is 35.5. The zero-order chi connectivity index (χ0) is 14.0. The number of nitrogens with one attached hydrogen (secondary N) is 1. The topological polar surface area (TPSA) is 24.9 Å². The Labute approximate surface area is 127 Å². The van der Waals surface area contributed by atoms with Crippen LogP contribution in [0.15, 0.2) is 23.6 Å². The van der Waals surface area contributed by atoms with E-state index in [2.05, 4.69) is 36.5 Å². The maximum Gasteiger partial charge on any atom is 0.112 e. The molecule has 2 rings (SSSR count). The molecule has 1 N–H and O–H groups in total. The number of aromatic nitrogens is 1. The van der Waals surface area contributed by atoms with Crippen LogP contribution in [0.25, 0.3) is 0 Å². The van der Waals surface area contributed by atoms with Crippen LogP contribution in [0, 0.1) is 0 Å². The van der Waals surface area contributed by atoms with Gasteiger partial charge in [-0.1, -0.05) is 50.0 Å². The first-order chi connectivity index (χ1) is 8.88. The Bertz CT molecular complexity index is 573. The summed E-state index contributed by atoms with van der Waals surface area (Å²) in [5.41, 5.74) is 2.04. The molecule has 0 aliphatic heterocycles. The molecule has 102 valence electrons. The molecule has 0 saturated carbocycles. The van der Waals surface area contributed by atoms with E-state index in [1.54, 1.807) is 17.4 Å². The second-order valence-corrected chi connectivity index (χ2v) is 7.06. The van der Waals surface area contributed by atoms with Gasteiger partial charge in [0.2, 0.25) is 0 Å². The Balaban J connectivity index is 2.07. The maximum absolute atomic E-state index is 6.13. The number of halogens is 2. The number of hydrogen-bond donors (Lipinski definition) is 1. The third-order valence-corrected chi connectivity index (χ3v) is 4.37. The van der Waals surface area contributed by atoms with Crippen LogP contribution in [0.4, 0.5) is 5.69 Å². The molecule has 0 bridgehead atoms. The third kappa shape index (κ3) is 3.62. The van der Waals surface area contributed by atoms with Gasteiger partial charge in [-0.2, -0.15) is 0 Å². The molecule has 0 saturated heterocycles. The van der Waals surface area contributed by atoms with Gasteiger partial charge in [0.15, 0.2) is 0 Å². The summed E-state index contributed by atoms with van der Waals surface area (Å²) in [6, 6.07) is 5.56. The number of benzene rings is 1. The van der Waals surface area contributed by atoms with Gasteiger partial charge in [0.05, 0.1) is 28.0 Å². The second kappa shape index (κ2) is 5.70. The molecule has 0 aliphatic rings. The molecule has 1 heterocycles. The quantitative estimate of drug-likeness (QED) is 0.825. The van der Waals surface area contributed by atoms with Crippen molar-refractivity contribution in [1.29, 1.82) is 0 Å². The molecule has 0 unspecified atom stereocenters. The Hall–Kier alpha value is -0.770. The first kappa shape index (κ1) is 14.6. The highest BCUT2D eigenvalue weighted by molar-refractivity contribution is 7.09. The van der Waals surface area contributed by atoms with Gasteiger partial charge in [-0.25, -0.2) is 4.98 Å². The number of hydrogen-bond acceptors (Lipinski definition) is 3. The van der Waals surface area contributed by atoms with E-state index in [1.807, 2.05) is 12.1 Å². The Kier molecular flexibility index (Phi) is 4.39. The number of nitrogens with zero attached hydrogens (tertiary/aromatic N) is 1. The molecular weight excluding hydrogens is 299 g/mol. The van der Waals surface area contributed by atoms with Crippen molar-refractivity contribution < 1.29 is 0 Å². The van der Waals surface area contributed by atoms with Crippen LogP contribution in [-0.4, -0.2) is 4.98 Å². The van der Waals surface area contributed by atoms with Crippen molar-refractivity contribution in [2.24, 2.45) is 0 Å². The Morgan fingerprint density at radius 1 is 1.26 bits per heavy atom. The van der Waals surface area contributed by atoms with E-state index < -0.39 is 0 Å². The van der Waals surface area contributed by atoms with Crippen LogP contribution in [0.2, 0.25) is 10.0 Å². The van der Waals surface area contributed by atoms with Crippen molar-refractivity contribution in [3.8, 4) is 0 Å². The van der Waals surface area contributed by atoms with Crippen LogP contribution in [0.3, 0.4) is 0 Å². The number of anilines is 1. The van der Waals surface area contributed by atoms with Crippen molar-refractivity contribution in [2.45, 2.75) is 32.7 Å². The molecule has 5 heteroatoms. The molecule has 2 nitrogen and oxygen atoms in total. The summed E-state index contributed by atoms with van der Waals surface area (Å²) in [6.07, 6.45) is 0. The van der Waals surface area contributed by atoms with Crippen LogP contribution >= 0.6 is 34.5 Å². The van der Waals surface area contributed by atoms with Crippen molar-refractivity contribution in [3.63, 3.8) is 0 Å². The zero-order valence-corrected chi connectivity index (χ0v) is 13.5. The highest BCUT2D eigenvalue weighted by Crippen LogP contribution is 2.30. The minimum atomic E-state index is 0.0858. The minimum absolute atomic E-state index is 0.0858. The Morgan fingerprint density at radius 2 is 2.00 bits per heavy atom. The van der Waals surface area contributed by atoms with Gasteiger partial charge >= 0.3 is 0 Å². The van der Waals surface area contributed by atoms with Crippen molar-refractivity contribution in [2.75, 3.05) is 5.32 Å². The first-order valence-electron chi connectivity index (χ1n) is 6.00. The van der Waals surface area contributed by atoms with Crippen LogP contribution in [-0.2, 0) is 12.0 Å². The van der Waals surface area contributed by atoms with E-state index in [9.17, 15) is 0 Å². The molecule has 0 radical (unpaired) electrons. The van der Waals surface area contributed by atoms with Crippen molar-refractivity contribution in [3.05, 3.63) is 44.3 Å². The first-order valence-corrected chi connectivity index (χ1v) is 7.64. The van der Waals surface area contributed by atoms with Gasteiger partial charge < -0.3 is 5.32 Å². The molecule has 19 heavy (non-hydrogen) atoms. The molecule has 1 aromatic heterocycles. The van der Waals surface area contributed by atoms with Gasteiger partial charge in [0.1, 0.15) is 5.01 Å². The summed E-state index contributed by atoms with van der Waals surface area (Å²) in [4.78, 5) is 4.63. The monoisotopic (exact) mass is 314 g/mol. The van der Waals surface area contributed by atoms with E-state index in [4.69, 9.17) is 23.2 Å². The fraction of sp³-hybridized carbons (Fsp3) is 0.357. The minimum Gasteiger partial charge on any atom is -0.377 e. The SMILES string of the molecule is CC(C)(C)c1csc(CNc2cccc(Cl)c2Cl)n1. The van der Waals surface area contributed by atoms with Gasteiger partial charge in [-0.05, 0) is 12.1 Å². The molecule has 1 aromatic carbocycles. The van der Waals surface area contributed by atoms with Crippen LogP contribution < -0.4 is 5.32 Å². The highest BCUT2D eigenvalue weighted by Gasteiger charge is 2.17. The molecule has 0 aliphatic carbocycles. The third-order valence-electron chi connectivity index (χ3n) is 2.70. The van der Waals surface area contributed by atoms with Gasteiger partial charge in [-0.15, -0.1) is 11.3 Å². The van der Waals surface area contributed by atoms with Gasteiger partial charge in [0, 0.05) is 10.8 Å². The molecule has 0 fully saturated rings. The molecular formula is C14H16Cl2N2S. The van der Waals surface area contributed by atoms with E-state index >= 15 is 0 Å². The van der Waals surface area contributed by atoms with Crippen LogP contribution in [0.1, 0.15) is 31.5 Å². The molecule has 2 aromatic rings. The van der Waals surface area contributed by atoms with Crippen molar-refractivity contribution in [1.82, 2.24) is 4.98 Å². The standard InChI is InChI=1S/C14H16Cl2N2S/c1-14(2,3)11-8-19-12(18-11)7-17-10-6-4-5-9(15)13(10)16/h4-6,8,17H,7H2,1-3H3. The summed E-state index contributed by atoms with van der Waals surface area (Å²) in [7, 11) is 0. The normalized spacial score (nSPS) is 11.6. The lowest BCUT2D eigenvalue weighted by Gasteiger charge is -2.14. The largest absolute Gasteiger partial charge is 0.377 e. The second-order valence-electron chi connectivity index (χ2n) is 5.33. The maximum atomic E-state index is 6.13. The summed E-state index contributed by atoms with van der Waals surface area (Å²) < 4.78 is 0. The smallest absolute Gasteiger partial charge is 0.112 e. The summed E-state index contributed by atoms with van der Waals surface area (Å²) in [5.74, 6) is 0. The predicted molar refractivity (Wildman–Crippen MR) is 84.6 cm³/mol. The van der Waals surface area contributed by atoms with Crippen molar-refractivity contribution >= 4 is 40.2 Å². The molecule has 0 amide bonds. The zero-order valence-electron chi connectivity index (χ0n) is 11.1. The lowest BCUT2D eigenvalue weighted by molar-refractivity contribution is 0.571. The number of rotatable bonds is 3. The average Bonchev–Trinajstić information content (AvgIpc) is 2.79. The van der Waals surface area contributed by atoms with E-state index in [1.165, 1.54) is 0 Å². The fourth-order valence-corrected chi connectivity index (χ4v) is 2.88. The van der Waals surface area contributed by atoms with Crippen LogP contribution in [0.5, 0.6) is 0 Å².